The number of rotatable bonds is 5. The summed E-state index contributed by atoms with van der Waals surface area (Å²) >= 11 is 0. The number of pyridine rings is 1. The number of nitrogens with one attached hydrogen (secondary N) is 2. The van der Waals surface area contributed by atoms with Crippen molar-refractivity contribution in [3.05, 3.63) is 36.4 Å². The van der Waals surface area contributed by atoms with E-state index in [2.05, 4.69) is 22.8 Å². The number of fused-ring (bicyclic) bond motifs is 1. The minimum Gasteiger partial charge on any atom is -0.282 e. The first-order valence-electron chi connectivity index (χ1n) is 6.62. The summed E-state index contributed by atoms with van der Waals surface area (Å²) in [5.41, 5.74) is 6.47. The van der Waals surface area contributed by atoms with Gasteiger partial charge in [-0.25, -0.2) is 4.98 Å². The number of hydrogen-bond acceptors (Lipinski definition) is 3. The molecule has 1 atom stereocenters. The fourth-order valence-corrected chi connectivity index (χ4v) is 1.95. The molecule has 2 aromatic rings. The van der Waals surface area contributed by atoms with E-state index < -0.39 is 0 Å². The van der Waals surface area contributed by atoms with Gasteiger partial charge in [-0.05, 0) is 24.6 Å². The Hall–Kier alpha value is -2.10. The van der Waals surface area contributed by atoms with Gasteiger partial charge < -0.3 is 0 Å². The van der Waals surface area contributed by atoms with Gasteiger partial charge in [0.2, 0.25) is 5.91 Å². The van der Waals surface area contributed by atoms with Crippen molar-refractivity contribution in [2.45, 2.75) is 26.7 Å². The summed E-state index contributed by atoms with van der Waals surface area (Å²) in [6.45, 7) is 4.00. The minimum absolute atomic E-state index is 0.00295. The number of nitrogens with zero attached hydrogens (tertiary/aromatic N) is 1. The number of carbonyl (C=O) groups is 1. The van der Waals surface area contributed by atoms with Gasteiger partial charge in [-0.15, -0.1) is 0 Å². The standard InChI is InChI=1S/C15H19N3O/c1-3-6-11(2)15(19)18-17-14-10-9-12-7-4-5-8-13(12)16-14/h4-5,7-11H,3,6H2,1-2H3,(H,16,17)(H,18,19). The van der Waals surface area contributed by atoms with Gasteiger partial charge in [-0.2, -0.15) is 0 Å². The average Bonchev–Trinajstić information content (AvgIpc) is 2.44. The van der Waals surface area contributed by atoms with Crippen LogP contribution in [0.2, 0.25) is 0 Å². The molecule has 0 spiro atoms. The third-order valence-electron chi connectivity index (χ3n) is 3.08. The molecule has 1 unspecified atom stereocenters. The van der Waals surface area contributed by atoms with E-state index in [-0.39, 0.29) is 11.8 Å². The second-order valence-electron chi connectivity index (χ2n) is 4.69. The number of hydrazine groups is 1. The fourth-order valence-electron chi connectivity index (χ4n) is 1.95. The summed E-state index contributed by atoms with van der Waals surface area (Å²) in [5.74, 6) is 0.658. The number of anilines is 1. The first-order valence-corrected chi connectivity index (χ1v) is 6.62. The number of amides is 1. The third kappa shape index (κ3) is 3.44. The Balaban J connectivity index is 2.00. The van der Waals surface area contributed by atoms with Gasteiger partial charge >= 0.3 is 0 Å². The average molecular weight is 257 g/mol. The van der Waals surface area contributed by atoms with Crippen LogP contribution in [0.15, 0.2) is 36.4 Å². The van der Waals surface area contributed by atoms with Crippen LogP contribution < -0.4 is 10.9 Å². The summed E-state index contributed by atoms with van der Waals surface area (Å²) in [5, 5.41) is 1.08. The van der Waals surface area contributed by atoms with E-state index in [4.69, 9.17) is 0 Å². The van der Waals surface area contributed by atoms with Crippen molar-refractivity contribution in [1.82, 2.24) is 10.4 Å². The molecule has 0 fully saturated rings. The quantitative estimate of drug-likeness (QED) is 0.809. The van der Waals surface area contributed by atoms with E-state index in [9.17, 15) is 4.79 Å². The molecular weight excluding hydrogens is 238 g/mol. The van der Waals surface area contributed by atoms with Crippen LogP contribution in [-0.2, 0) is 4.79 Å². The topological polar surface area (TPSA) is 54.0 Å². The van der Waals surface area contributed by atoms with Crippen LogP contribution >= 0.6 is 0 Å². The molecule has 0 radical (unpaired) electrons. The largest absolute Gasteiger partial charge is 0.282 e. The molecule has 1 aromatic heterocycles. The number of aromatic nitrogens is 1. The lowest BCUT2D eigenvalue weighted by Crippen LogP contribution is -2.34. The highest BCUT2D eigenvalue weighted by atomic mass is 16.2. The monoisotopic (exact) mass is 257 g/mol. The molecule has 4 nitrogen and oxygen atoms in total. The Morgan fingerprint density at radius 2 is 2.05 bits per heavy atom. The Kier molecular flexibility index (Phi) is 4.34. The van der Waals surface area contributed by atoms with Crippen LogP contribution in [0.4, 0.5) is 5.82 Å². The van der Waals surface area contributed by atoms with Crippen molar-refractivity contribution in [2.24, 2.45) is 5.92 Å². The lowest BCUT2D eigenvalue weighted by molar-refractivity contribution is -0.124. The zero-order valence-corrected chi connectivity index (χ0v) is 11.3. The maximum absolute atomic E-state index is 11.8. The molecule has 0 bridgehead atoms. The van der Waals surface area contributed by atoms with Crippen LogP contribution in [-0.4, -0.2) is 10.9 Å². The first kappa shape index (κ1) is 13.3. The van der Waals surface area contributed by atoms with Gasteiger partial charge in [-0.3, -0.25) is 15.6 Å². The maximum atomic E-state index is 11.8. The minimum atomic E-state index is -0.00295. The van der Waals surface area contributed by atoms with Crippen molar-refractivity contribution >= 4 is 22.6 Å². The van der Waals surface area contributed by atoms with Gasteiger partial charge in [0.25, 0.3) is 0 Å². The van der Waals surface area contributed by atoms with E-state index in [1.165, 1.54) is 0 Å². The summed E-state index contributed by atoms with van der Waals surface area (Å²) in [4.78, 5) is 16.2. The van der Waals surface area contributed by atoms with E-state index >= 15 is 0 Å². The SMILES string of the molecule is CCCC(C)C(=O)NNc1ccc2ccccc2n1. The summed E-state index contributed by atoms with van der Waals surface area (Å²) in [7, 11) is 0. The second-order valence-corrected chi connectivity index (χ2v) is 4.69. The van der Waals surface area contributed by atoms with Crippen molar-refractivity contribution in [3.8, 4) is 0 Å². The molecule has 0 saturated carbocycles. The molecule has 100 valence electrons. The highest BCUT2D eigenvalue weighted by molar-refractivity contribution is 5.81. The lowest BCUT2D eigenvalue weighted by Gasteiger charge is -2.12. The van der Waals surface area contributed by atoms with Crippen LogP contribution in [0.1, 0.15) is 26.7 Å². The maximum Gasteiger partial charge on any atom is 0.241 e. The predicted octanol–water partition coefficient (Wildman–Crippen LogP) is 3.11. The van der Waals surface area contributed by atoms with Crippen LogP contribution in [0, 0.1) is 5.92 Å². The molecule has 4 heteroatoms. The van der Waals surface area contributed by atoms with E-state index in [1.807, 2.05) is 43.3 Å². The molecular formula is C15H19N3O. The van der Waals surface area contributed by atoms with E-state index in [1.54, 1.807) is 0 Å². The molecule has 1 heterocycles. The Bertz CT molecular complexity index is 568. The molecule has 1 amide bonds. The number of hydrogen-bond donors (Lipinski definition) is 2. The number of para-hydroxylation sites is 1. The van der Waals surface area contributed by atoms with E-state index in [0.717, 1.165) is 23.7 Å². The molecule has 0 aliphatic carbocycles. The predicted molar refractivity (Wildman–Crippen MR) is 77.6 cm³/mol. The summed E-state index contributed by atoms with van der Waals surface area (Å²) < 4.78 is 0. The Morgan fingerprint density at radius 3 is 2.84 bits per heavy atom. The Morgan fingerprint density at radius 1 is 1.26 bits per heavy atom. The highest BCUT2D eigenvalue weighted by Gasteiger charge is 2.11. The van der Waals surface area contributed by atoms with Gasteiger partial charge in [0.1, 0.15) is 5.82 Å². The van der Waals surface area contributed by atoms with Crippen LogP contribution in [0.5, 0.6) is 0 Å². The Labute approximate surface area is 113 Å². The summed E-state index contributed by atoms with van der Waals surface area (Å²) in [6.07, 6.45) is 1.89. The molecule has 0 aliphatic heterocycles. The lowest BCUT2D eigenvalue weighted by atomic mass is 10.1. The van der Waals surface area contributed by atoms with Crippen molar-refractivity contribution in [3.63, 3.8) is 0 Å². The zero-order valence-electron chi connectivity index (χ0n) is 11.3. The third-order valence-corrected chi connectivity index (χ3v) is 3.08. The van der Waals surface area contributed by atoms with Crippen LogP contribution in [0.25, 0.3) is 10.9 Å². The molecule has 0 aliphatic rings. The number of benzene rings is 1. The molecule has 19 heavy (non-hydrogen) atoms. The second kappa shape index (κ2) is 6.18. The first-order chi connectivity index (χ1) is 9.20. The van der Waals surface area contributed by atoms with E-state index in [0.29, 0.717) is 5.82 Å². The van der Waals surface area contributed by atoms with Gasteiger partial charge in [0.05, 0.1) is 5.52 Å². The smallest absolute Gasteiger partial charge is 0.241 e. The highest BCUT2D eigenvalue weighted by Crippen LogP contribution is 2.14. The summed E-state index contributed by atoms with van der Waals surface area (Å²) in [6, 6.07) is 11.7. The van der Waals surface area contributed by atoms with Crippen LogP contribution in [0.3, 0.4) is 0 Å². The zero-order chi connectivity index (χ0) is 13.7. The molecule has 2 N–H and O–H groups in total. The fraction of sp³-hybridized carbons (Fsp3) is 0.333. The van der Waals surface area contributed by atoms with Gasteiger partial charge in [0, 0.05) is 11.3 Å². The molecule has 1 aromatic carbocycles. The van der Waals surface area contributed by atoms with Crippen molar-refractivity contribution in [1.29, 1.82) is 0 Å². The van der Waals surface area contributed by atoms with Gasteiger partial charge in [-0.1, -0.05) is 38.5 Å². The van der Waals surface area contributed by atoms with Crippen molar-refractivity contribution in [2.75, 3.05) is 5.43 Å². The molecule has 0 saturated heterocycles. The molecule has 2 rings (SSSR count). The van der Waals surface area contributed by atoms with Crippen molar-refractivity contribution < 1.29 is 4.79 Å². The van der Waals surface area contributed by atoms with Gasteiger partial charge in [0.15, 0.2) is 0 Å². The normalized spacial score (nSPS) is 12.1. The number of carbonyl (C=O) groups excluding carboxylic acids is 1.